The number of urea groups is 1. The Labute approximate surface area is 116 Å². The minimum absolute atomic E-state index is 0.0789. The Hall–Kier alpha value is -1.83. The Kier molecular flexibility index (Phi) is 6.23. The van der Waals surface area contributed by atoms with Gasteiger partial charge in [0, 0.05) is 25.6 Å². The van der Waals surface area contributed by atoms with E-state index in [0.717, 1.165) is 12.8 Å². The number of amides is 2. The second-order valence-corrected chi connectivity index (χ2v) is 4.97. The second kappa shape index (κ2) is 7.68. The van der Waals surface area contributed by atoms with Crippen LogP contribution < -0.4 is 11.1 Å². The number of carboxylic acid groups (broad SMARTS) is 2. The zero-order valence-electron chi connectivity index (χ0n) is 11.2. The largest absolute Gasteiger partial charge is 0.481 e. The molecule has 0 aromatic heterocycles. The van der Waals surface area contributed by atoms with Crippen LogP contribution in [0.2, 0.25) is 0 Å². The standard InChI is InChI=1S/C12H21N3O5/c13-8-3-2-6-15(7-8)12(20)14-9(11(18)19)4-1-5-10(16)17/h8-9H,1-7,13H2,(H,14,20)(H,16,17)(H,18,19)/t8?,9-/m1/s1. The number of carboxylic acids is 2. The lowest BCUT2D eigenvalue weighted by Crippen LogP contribution is -2.53. The van der Waals surface area contributed by atoms with Gasteiger partial charge in [0.1, 0.15) is 6.04 Å². The SMILES string of the molecule is NC1CCCN(C(=O)N[C@H](CCCC(=O)O)C(=O)O)C1. The van der Waals surface area contributed by atoms with Crippen molar-refractivity contribution in [3.05, 3.63) is 0 Å². The van der Waals surface area contributed by atoms with Crippen molar-refractivity contribution >= 4 is 18.0 Å². The fraction of sp³-hybridized carbons (Fsp3) is 0.750. The van der Waals surface area contributed by atoms with Crippen LogP contribution in [-0.2, 0) is 9.59 Å². The maximum atomic E-state index is 11.9. The lowest BCUT2D eigenvalue weighted by molar-refractivity contribution is -0.140. The molecule has 0 bridgehead atoms. The molecule has 20 heavy (non-hydrogen) atoms. The molecule has 1 aliphatic heterocycles. The minimum atomic E-state index is -1.16. The van der Waals surface area contributed by atoms with E-state index in [0.29, 0.717) is 13.1 Å². The number of carbonyl (C=O) groups excluding carboxylic acids is 1. The minimum Gasteiger partial charge on any atom is -0.481 e. The zero-order valence-corrected chi connectivity index (χ0v) is 11.2. The lowest BCUT2D eigenvalue weighted by Gasteiger charge is -2.31. The van der Waals surface area contributed by atoms with Crippen LogP contribution in [0.15, 0.2) is 0 Å². The topological polar surface area (TPSA) is 133 Å². The molecular formula is C12H21N3O5. The van der Waals surface area contributed by atoms with Gasteiger partial charge in [-0.1, -0.05) is 0 Å². The van der Waals surface area contributed by atoms with Crippen molar-refractivity contribution in [2.45, 2.75) is 44.2 Å². The fourth-order valence-corrected chi connectivity index (χ4v) is 2.15. The molecule has 0 aromatic carbocycles. The summed E-state index contributed by atoms with van der Waals surface area (Å²) in [6, 6.07) is -1.60. The number of nitrogens with one attached hydrogen (secondary N) is 1. The first kappa shape index (κ1) is 16.2. The number of nitrogens with zero attached hydrogens (tertiary/aromatic N) is 1. The van der Waals surface area contributed by atoms with E-state index in [1.165, 1.54) is 4.90 Å². The highest BCUT2D eigenvalue weighted by Gasteiger charge is 2.26. The summed E-state index contributed by atoms with van der Waals surface area (Å²) in [6.07, 6.45) is 1.82. The monoisotopic (exact) mass is 287 g/mol. The first-order chi connectivity index (χ1) is 9.40. The molecule has 0 aliphatic carbocycles. The summed E-state index contributed by atoms with van der Waals surface area (Å²) < 4.78 is 0. The number of aliphatic carboxylic acids is 2. The van der Waals surface area contributed by atoms with E-state index < -0.39 is 24.0 Å². The van der Waals surface area contributed by atoms with E-state index in [4.69, 9.17) is 15.9 Å². The third-order valence-electron chi connectivity index (χ3n) is 3.22. The van der Waals surface area contributed by atoms with E-state index in [9.17, 15) is 14.4 Å². The molecule has 0 radical (unpaired) electrons. The molecule has 1 heterocycles. The number of piperidine rings is 1. The number of carbonyl (C=O) groups is 3. The average molecular weight is 287 g/mol. The van der Waals surface area contributed by atoms with Gasteiger partial charge in [-0.25, -0.2) is 9.59 Å². The maximum absolute atomic E-state index is 11.9. The Morgan fingerprint density at radius 2 is 2.05 bits per heavy atom. The van der Waals surface area contributed by atoms with Gasteiger partial charge in [-0.3, -0.25) is 4.79 Å². The van der Waals surface area contributed by atoms with E-state index in [-0.39, 0.29) is 25.3 Å². The van der Waals surface area contributed by atoms with Gasteiger partial charge in [-0.15, -0.1) is 0 Å². The van der Waals surface area contributed by atoms with E-state index in [1.54, 1.807) is 0 Å². The van der Waals surface area contributed by atoms with Gasteiger partial charge in [-0.2, -0.15) is 0 Å². The fourth-order valence-electron chi connectivity index (χ4n) is 2.15. The summed E-state index contributed by atoms with van der Waals surface area (Å²) in [5, 5.41) is 20.0. The van der Waals surface area contributed by atoms with Crippen LogP contribution in [-0.4, -0.2) is 58.3 Å². The molecule has 0 aromatic rings. The second-order valence-electron chi connectivity index (χ2n) is 4.97. The molecule has 1 rings (SSSR count). The molecule has 1 saturated heterocycles. The first-order valence-corrected chi connectivity index (χ1v) is 6.65. The van der Waals surface area contributed by atoms with Crippen LogP contribution in [0.1, 0.15) is 32.1 Å². The molecule has 8 heteroatoms. The van der Waals surface area contributed by atoms with Crippen LogP contribution in [0.3, 0.4) is 0 Å². The Morgan fingerprint density at radius 1 is 1.35 bits per heavy atom. The van der Waals surface area contributed by atoms with Crippen LogP contribution in [0.5, 0.6) is 0 Å². The molecule has 5 N–H and O–H groups in total. The molecule has 1 aliphatic rings. The Balaban J connectivity index is 2.45. The summed E-state index contributed by atoms with van der Waals surface area (Å²) in [5.74, 6) is -2.15. The van der Waals surface area contributed by atoms with Gasteiger partial charge in [0.25, 0.3) is 0 Å². The summed E-state index contributed by atoms with van der Waals surface area (Å²) in [5.41, 5.74) is 5.76. The van der Waals surface area contributed by atoms with Gasteiger partial charge >= 0.3 is 18.0 Å². The number of rotatable bonds is 6. The molecular weight excluding hydrogens is 266 g/mol. The van der Waals surface area contributed by atoms with Crippen molar-refractivity contribution in [1.82, 2.24) is 10.2 Å². The van der Waals surface area contributed by atoms with Crippen molar-refractivity contribution in [1.29, 1.82) is 0 Å². The van der Waals surface area contributed by atoms with Gasteiger partial charge in [0.05, 0.1) is 0 Å². The third-order valence-corrected chi connectivity index (χ3v) is 3.22. The molecule has 114 valence electrons. The number of nitrogens with two attached hydrogens (primary N) is 1. The highest BCUT2D eigenvalue weighted by Crippen LogP contribution is 2.09. The highest BCUT2D eigenvalue weighted by atomic mass is 16.4. The zero-order chi connectivity index (χ0) is 15.1. The Bertz CT molecular complexity index is 374. The molecule has 2 amide bonds. The maximum Gasteiger partial charge on any atom is 0.326 e. The molecule has 1 fully saturated rings. The average Bonchev–Trinajstić information content (AvgIpc) is 2.36. The predicted molar refractivity (Wildman–Crippen MR) is 70.2 cm³/mol. The quantitative estimate of drug-likeness (QED) is 0.536. The van der Waals surface area contributed by atoms with Crippen molar-refractivity contribution < 1.29 is 24.6 Å². The van der Waals surface area contributed by atoms with Crippen molar-refractivity contribution in [2.75, 3.05) is 13.1 Å². The molecule has 8 nitrogen and oxygen atoms in total. The van der Waals surface area contributed by atoms with Crippen molar-refractivity contribution in [3.63, 3.8) is 0 Å². The van der Waals surface area contributed by atoms with Gasteiger partial charge in [0.2, 0.25) is 0 Å². The summed E-state index contributed by atoms with van der Waals surface area (Å²) in [4.78, 5) is 34.9. The molecule has 0 spiro atoms. The molecule has 1 unspecified atom stereocenters. The normalized spacial score (nSPS) is 20.2. The number of likely N-dealkylation sites (tertiary alicyclic amines) is 1. The molecule has 0 saturated carbocycles. The highest BCUT2D eigenvalue weighted by molar-refractivity contribution is 5.82. The summed E-state index contributed by atoms with van der Waals surface area (Å²) >= 11 is 0. The van der Waals surface area contributed by atoms with Crippen LogP contribution >= 0.6 is 0 Å². The van der Waals surface area contributed by atoms with E-state index in [1.807, 2.05) is 0 Å². The molecule has 2 atom stereocenters. The van der Waals surface area contributed by atoms with Gasteiger partial charge in [0.15, 0.2) is 0 Å². The van der Waals surface area contributed by atoms with E-state index >= 15 is 0 Å². The smallest absolute Gasteiger partial charge is 0.326 e. The van der Waals surface area contributed by atoms with E-state index in [2.05, 4.69) is 5.32 Å². The first-order valence-electron chi connectivity index (χ1n) is 6.65. The predicted octanol–water partition coefficient (Wildman–Crippen LogP) is -0.173. The number of hydrogen-bond donors (Lipinski definition) is 4. The summed E-state index contributed by atoms with van der Waals surface area (Å²) in [7, 11) is 0. The van der Waals surface area contributed by atoms with Gasteiger partial charge in [-0.05, 0) is 25.7 Å². The summed E-state index contributed by atoms with van der Waals surface area (Å²) in [6.45, 7) is 0.967. The number of hydrogen-bond acceptors (Lipinski definition) is 4. The van der Waals surface area contributed by atoms with Crippen LogP contribution in [0.25, 0.3) is 0 Å². The Morgan fingerprint density at radius 3 is 2.60 bits per heavy atom. The van der Waals surface area contributed by atoms with Gasteiger partial charge < -0.3 is 26.2 Å². The third kappa shape index (κ3) is 5.43. The lowest BCUT2D eigenvalue weighted by atomic mass is 10.1. The van der Waals surface area contributed by atoms with Crippen LogP contribution in [0, 0.1) is 0 Å². The van der Waals surface area contributed by atoms with Crippen molar-refractivity contribution in [2.24, 2.45) is 5.73 Å². The van der Waals surface area contributed by atoms with Crippen LogP contribution in [0.4, 0.5) is 4.79 Å². The van der Waals surface area contributed by atoms with Crippen molar-refractivity contribution in [3.8, 4) is 0 Å².